The van der Waals surface area contributed by atoms with Gasteiger partial charge in [-0.2, -0.15) is 9.78 Å². The van der Waals surface area contributed by atoms with Gasteiger partial charge in [0.15, 0.2) is 5.82 Å². The predicted molar refractivity (Wildman–Crippen MR) is 141 cm³/mol. The summed E-state index contributed by atoms with van der Waals surface area (Å²) in [4.78, 5) is 12.3. The van der Waals surface area contributed by atoms with Crippen LogP contribution in [0.15, 0.2) is 54.7 Å². The standard InChI is InChI=1S/C29H38N6O/c36-29-28-25(31-35(29)27-11-4-5-14-30-27)9-6-10-26(28)34-19-17-33(18-20-34)22-24-12-15-32(16-13-24)21-23-7-2-1-3-8-23/h1-5,7-8,11,14,24,26,36H,6,9-10,12-13,15-22H2. The average Bonchev–Trinajstić information content (AvgIpc) is 3.28. The zero-order valence-corrected chi connectivity index (χ0v) is 21.2. The lowest BCUT2D eigenvalue weighted by atomic mass is 9.91. The third kappa shape index (κ3) is 5.05. The van der Waals surface area contributed by atoms with Crippen molar-refractivity contribution < 1.29 is 5.11 Å². The largest absolute Gasteiger partial charge is 0.493 e. The van der Waals surface area contributed by atoms with Crippen LogP contribution in [0.5, 0.6) is 5.88 Å². The highest BCUT2D eigenvalue weighted by molar-refractivity contribution is 5.41. The van der Waals surface area contributed by atoms with E-state index in [1.54, 1.807) is 10.9 Å². The molecule has 6 rings (SSSR count). The number of piperazine rings is 1. The summed E-state index contributed by atoms with van der Waals surface area (Å²) in [6.45, 7) is 9.09. The van der Waals surface area contributed by atoms with Gasteiger partial charge < -0.3 is 10.0 Å². The fourth-order valence-corrected chi connectivity index (χ4v) is 6.39. The molecule has 0 bridgehead atoms. The summed E-state index contributed by atoms with van der Waals surface area (Å²) in [5.41, 5.74) is 3.50. The highest BCUT2D eigenvalue weighted by atomic mass is 16.3. The number of aryl methyl sites for hydroxylation is 1. The van der Waals surface area contributed by atoms with Crippen LogP contribution in [0.2, 0.25) is 0 Å². The lowest BCUT2D eigenvalue weighted by Gasteiger charge is -2.42. The van der Waals surface area contributed by atoms with Crippen molar-refractivity contribution in [2.24, 2.45) is 5.92 Å². The van der Waals surface area contributed by atoms with Gasteiger partial charge in [-0.3, -0.25) is 9.80 Å². The second-order valence-corrected chi connectivity index (χ2v) is 10.7. The zero-order valence-electron chi connectivity index (χ0n) is 21.2. The van der Waals surface area contributed by atoms with Crippen LogP contribution in [0.1, 0.15) is 48.5 Å². The number of pyridine rings is 1. The van der Waals surface area contributed by atoms with Crippen molar-refractivity contribution in [3.8, 4) is 11.7 Å². The van der Waals surface area contributed by atoms with E-state index in [2.05, 4.69) is 50.0 Å². The normalized spacial score (nSPS) is 22.5. The molecule has 2 aromatic heterocycles. The Morgan fingerprint density at radius 2 is 1.61 bits per heavy atom. The Hall–Kier alpha value is -2.74. The summed E-state index contributed by atoms with van der Waals surface area (Å²) in [7, 11) is 0. The van der Waals surface area contributed by atoms with Gasteiger partial charge in [-0.15, -0.1) is 0 Å². The second-order valence-electron chi connectivity index (χ2n) is 10.7. The molecule has 1 aromatic carbocycles. The van der Waals surface area contributed by atoms with Crippen LogP contribution in [0.3, 0.4) is 0 Å². The number of benzene rings is 1. The number of aromatic hydroxyl groups is 1. The summed E-state index contributed by atoms with van der Waals surface area (Å²) in [5.74, 6) is 1.77. The van der Waals surface area contributed by atoms with Gasteiger partial charge >= 0.3 is 0 Å². The minimum absolute atomic E-state index is 0.259. The SMILES string of the molecule is Oc1c2c(nn1-c1ccccn1)CCCC2N1CCN(CC2CCN(Cc3ccccc3)CC2)CC1. The van der Waals surface area contributed by atoms with Crippen LogP contribution >= 0.6 is 0 Å². The first kappa shape index (κ1) is 23.6. The summed E-state index contributed by atoms with van der Waals surface area (Å²) < 4.78 is 1.63. The molecule has 36 heavy (non-hydrogen) atoms. The van der Waals surface area contributed by atoms with Crippen molar-refractivity contribution >= 4 is 0 Å². The van der Waals surface area contributed by atoms with E-state index in [1.165, 1.54) is 38.0 Å². The maximum absolute atomic E-state index is 11.1. The van der Waals surface area contributed by atoms with Crippen molar-refractivity contribution in [1.29, 1.82) is 0 Å². The molecule has 0 spiro atoms. The summed E-state index contributed by atoms with van der Waals surface area (Å²) in [5, 5.41) is 15.9. The Labute approximate surface area is 214 Å². The maximum atomic E-state index is 11.1. The van der Waals surface area contributed by atoms with E-state index >= 15 is 0 Å². The molecule has 1 aliphatic carbocycles. The summed E-state index contributed by atoms with van der Waals surface area (Å²) >= 11 is 0. The fourth-order valence-electron chi connectivity index (χ4n) is 6.39. The van der Waals surface area contributed by atoms with Gasteiger partial charge in [-0.05, 0) is 68.8 Å². The Balaban J connectivity index is 1.02. The Bertz CT molecular complexity index is 1120. The quantitative estimate of drug-likeness (QED) is 0.571. The van der Waals surface area contributed by atoms with E-state index < -0.39 is 0 Å². The summed E-state index contributed by atoms with van der Waals surface area (Å²) in [6.07, 6.45) is 7.51. The molecule has 0 saturated carbocycles. The molecular formula is C29H38N6O. The number of hydrogen-bond donors (Lipinski definition) is 1. The average molecular weight is 487 g/mol. The number of nitrogens with zero attached hydrogens (tertiary/aromatic N) is 6. The molecule has 3 aliphatic rings. The van der Waals surface area contributed by atoms with E-state index in [9.17, 15) is 5.11 Å². The van der Waals surface area contributed by atoms with Gasteiger partial charge in [-0.1, -0.05) is 36.4 Å². The minimum atomic E-state index is 0.259. The zero-order chi connectivity index (χ0) is 24.3. The van der Waals surface area contributed by atoms with Gasteiger partial charge in [0.25, 0.3) is 0 Å². The van der Waals surface area contributed by atoms with E-state index in [0.717, 1.165) is 69.2 Å². The van der Waals surface area contributed by atoms with Crippen molar-refractivity contribution in [2.45, 2.75) is 44.7 Å². The van der Waals surface area contributed by atoms with Gasteiger partial charge in [-0.25, -0.2) is 4.98 Å². The number of rotatable bonds is 6. The number of aromatic nitrogens is 3. The molecule has 2 fully saturated rings. The molecule has 0 radical (unpaired) electrons. The Morgan fingerprint density at radius 3 is 2.36 bits per heavy atom. The third-order valence-electron chi connectivity index (χ3n) is 8.38. The van der Waals surface area contributed by atoms with Crippen molar-refractivity contribution in [3.05, 3.63) is 71.5 Å². The first-order chi connectivity index (χ1) is 17.7. The van der Waals surface area contributed by atoms with Crippen LogP contribution in [0, 0.1) is 5.92 Å². The van der Waals surface area contributed by atoms with Gasteiger partial charge in [0.1, 0.15) is 0 Å². The van der Waals surface area contributed by atoms with Crippen molar-refractivity contribution in [1.82, 2.24) is 29.5 Å². The molecule has 7 nitrogen and oxygen atoms in total. The van der Waals surface area contributed by atoms with Crippen LogP contribution < -0.4 is 0 Å². The lowest BCUT2D eigenvalue weighted by Crippen LogP contribution is -2.50. The van der Waals surface area contributed by atoms with E-state index in [4.69, 9.17) is 5.10 Å². The number of piperidine rings is 1. The number of hydrogen-bond acceptors (Lipinski definition) is 6. The van der Waals surface area contributed by atoms with Crippen LogP contribution in [-0.4, -0.2) is 80.4 Å². The highest BCUT2D eigenvalue weighted by Gasteiger charge is 2.35. The monoisotopic (exact) mass is 486 g/mol. The Morgan fingerprint density at radius 1 is 0.833 bits per heavy atom. The predicted octanol–water partition coefficient (Wildman–Crippen LogP) is 3.88. The smallest absolute Gasteiger partial charge is 0.220 e. The molecular weight excluding hydrogens is 448 g/mol. The molecule has 1 atom stereocenters. The van der Waals surface area contributed by atoms with E-state index in [-0.39, 0.29) is 11.9 Å². The second kappa shape index (κ2) is 10.7. The Kier molecular flexibility index (Phi) is 7.03. The highest BCUT2D eigenvalue weighted by Crippen LogP contribution is 2.40. The molecule has 190 valence electrons. The first-order valence-corrected chi connectivity index (χ1v) is 13.7. The topological polar surface area (TPSA) is 60.7 Å². The van der Waals surface area contributed by atoms with E-state index in [1.807, 2.05) is 18.2 Å². The molecule has 0 amide bonds. The van der Waals surface area contributed by atoms with Crippen LogP contribution in [0.25, 0.3) is 5.82 Å². The van der Waals surface area contributed by atoms with Crippen LogP contribution in [-0.2, 0) is 13.0 Å². The molecule has 1 N–H and O–H groups in total. The first-order valence-electron chi connectivity index (χ1n) is 13.7. The molecule has 2 aliphatic heterocycles. The minimum Gasteiger partial charge on any atom is -0.493 e. The van der Waals surface area contributed by atoms with Gasteiger partial charge in [0.05, 0.1) is 11.3 Å². The molecule has 7 heteroatoms. The van der Waals surface area contributed by atoms with E-state index in [0.29, 0.717) is 5.82 Å². The molecule has 3 aromatic rings. The van der Waals surface area contributed by atoms with Crippen molar-refractivity contribution in [2.75, 3.05) is 45.8 Å². The summed E-state index contributed by atoms with van der Waals surface area (Å²) in [6, 6.07) is 16.8. The van der Waals surface area contributed by atoms with Gasteiger partial charge in [0, 0.05) is 51.5 Å². The molecule has 2 saturated heterocycles. The number of fused-ring (bicyclic) bond motifs is 1. The van der Waals surface area contributed by atoms with Crippen LogP contribution in [0.4, 0.5) is 0 Å². The van der Waals surface area contributed by atoms with Gasteiger partial charge in [0.2, 0.25) is 5.88 Å². The lowest BCUT2D eigenvalue weighted by molar-refractivity contribution is 0.0660. The molecule has 4 heterocycles. The third-order valence-corrected chi connectivity index (χ3v) is 8.38. The maximum Gasteiger partial charge on any atom is 0.220 e. The number of likely N-dealkylation sites (tertiary alicyclic amines) is 1. The fraction of sp³-hybridized carbons (Fsp3) is 0.517. The molecule has 1 unspecified atom stereocenters. The van der Waals surface area contributed by atoms with Crippen molar-refractivity contribution in [3.63, 3.8) is 0 Å².